The second kappa shape index (κ2) is 12.8. The first-order chi connectivity index (χ1) is 21.4. The van der Waals surface area contributed by atoms with Crippen molar-refractivity contribution in [1.29, 1.82) is 0 Å². The molecule has 0 atom stereocenters. The fraction of sp³-hybridized carbons (Fsp3) is 0.128. The molecule has 6 aromatic rings. The molecule has 0 saturated heterocycles. The first-order valence-corrected chi connectivity index (χ1v) is 14.9. The summed E-state index contributed by atoms with van der Waals surface area (Å²) in [5.41, 5.74) is 8.59. The van der Waals surface area contributed by atoms with Crippen LogP contribution < -0.4 is 25.9 Å². The number of hydrogen-bond acceptors (Lipinski definition) is 4. The van der Waals surface area contributed by atoms with E-state index < -0.39 is 0 Å². The van der Waals surface area contributed by atoms with E-state index in [2.05, 4.69) is 74.3 Å². The molecule has 0 aliphatic carbocycles. The predicted octanol–water partition coefficient (Wildman–Crippen LogP) is 7.41. The number of nitrogens with zero attached hydrogens (tertiary/aromatic N) is 2. The molecular formula is C39H31BIrN2O2-2. The Morgan fingerprint density at radius 2 is 1.38 bits per heavy atom. The van der Waals surface area contributed by atoms with Crippen molar-refractivity contribution in [2.45, 2.75) is 27.2 Å². The second-order valence-electron chi connectivity index (χ2n) is 12.3. The van der Waals surface area contributed by atoms with E-state index in [1.807, 2.05) is 79.0 Å². The molecule has 2 aliphatic rings. The van der Waals surface area contributed by atoms with Crippen LogP contribution in [0.1, 0.15) is 26.3 Å². The minimum Gasteiger partial charge on any atom is -0.503 e. The SMILES string of the molecule is CC(C)(C)Cc1ccnc(-c2[c-]cc3c4c2Oc2ccccc2B4c2ccccc2O3)c1.[Ir].[c-]1ccccc1-c1ccccn1. The molecular weight excluding hydrogens is 731 g/mol. The van der Waals surface area contributed by atoms with Gasteiger partial charge in [0, 0.05) is 44.0 Å². The van der Waals surface area contributed by atoms with E-state index >= 15 is 0 Å². The van der Waals surface area contributed by atoms with Gasteiger partial charge in [-0.15, -0.1) is 48.0 Å². The Bertz CT molecular complexity index is 1890. The van der Waals surface area contributed by atoms with Crippen LogP contribution in [0, 0.1) is 17.5 Å². The number of hydrogen-bond donors (Lipinski definition) is 0. The largest absolute Gasteiger partial charge is 0.503 e. The maximum atomic E-state index is 6.51. The number of fused-ring (bicyclic) bond motifs is 4. The molecule has 1 radical (unpaired) electrons. The van der Waals surface area contributed by atoms with Crippen molar-refractivity contribution in [3.63, 3.8) is 0 Å². The molecule has 223 valence electrons. The third kappa shape index (κ3) is 6.35. The van der Waals surface area contributed by atoms with Crippen molar-refractivity contribution < 1.29 is 29.6 Å². The molecule has 4 heterocycles. The number of para-hydroxylation sites is 2. The van der Waals surface area contributed by atoms with Crippen LogP contribution in [0.4, 0.5) is 0 Å². The number of benzene rings is 4. The van der Waals surface area contributed by atoms with Gasteiger partial charge in [-0.3, -0.25) is 0 Å². The Morgan fingerprint density at radius 1 is 0.689 bits per heavy atom. The Morgan fingerprint density at radius 3 is 2.07 bits per heavy atom. The Labute approximate surface area is 279 Å². The summed E-state index contributed by atoms with van der Waals surface area (Å²) in [4.78, 5) is 8.91. The van der Waals surface area contributed by atoms with Crippen LogP contribution in [0.5, 0.6) is 23.0 Å². The van der Waals surface area contributed by atoms with Crippen LogP contribution in [-0.4, -0.2) is 16.7 Å². The molecule has 0 saturated carbocycles. The molecule has 4 aromatic carbocycles. The zero-order valence-corrected chi connectivity index (χ0v) is 27.8. The molecule has 6 heteroatoms. The Kier molecular flexibility index (Phi) is 8.71. The predicted molar refractivity (Wildman–Crippen MR) is 178 cm³/mol. The first kappa shape index (κ1) is 30.5. The van der Waals surface area contributed by atoms with E-state index in [1.54, 1.807) is 6.20 Å². The van der Waals surface area contributed by atoms with Crippen molar-refractivity contribution in [1.82, 2.24) is 9.97 Å². The van der Waals surface area contributed by atoms with E-state index in [9.17, 15) is 0 Å². The van der Waals surface area contributed by atoms with Crippen LogP contribution in [0.2, 0.25) is 0 Å². The van der Waals surface area contributed by atoms with Crippen LogP contribution in [-0.2, 0) is 26.5 Å². The van der Waals surface area contributed by atoms with Crippen LogP contribution in [0.25, 0.3) is 22.5 Å². The summed E-state index contributed by atoms with van der Waals surface area (Å²) in [6, 6.07) is 43.0. The van der Waals surface area contributed by atoms with Gasteiger partial charge in [0.05, 0.1) is 0 Å². The van der Waals surface area contributed by atoms with Gasteiger partial charge >= 0.3 is 0 Å². The molecule has 0 N–H and O–H groups in total. The standard InChI is InChI=1S/C28H23BNO2.C11H8N.Ir/c1-28(2,3)17-18-14-15-30-22(16-18)19-12-13-25-26-27(19)32-24-11-7-5-9-21(24)29(26)20-8-4-6-10-23(20)31-25;1-2-6-10(7-3-1)11-8-4-5-9-12-11;/h4-11,13-16H,17H2,1-3H3;1-6,8-9H;/q2*-1;. The first-order valence-electron chi connectivity index (χ1n) is 14.9. The average molecular weight is 763 g/mol. The third-order valence-corrected chi connectivity index (χ3v) is 7.73. The molecule has 4 nitrogen and oxygen atoms in total. The summed E-state index contributed by atoms with van der Waals surface area (Å²) >= 11 is 0. The van der Waals surface area contributed by atoms with Crippen molar-refractivity contribution in [3.8, 4) is 45.5 Å². The second-order valence-corrected chi connectivity index (χ2v) is 12.3. The summed E-state index contributed by atoms with van der Waals surface area (Å²) in [5.74, 6) is 3.35. The normalized spacial score (nSPS) is 12.1. The van der Waals surface area contributed by atoms with Gasteiger partial charge in [0.25, 0.3) is 0 Å². The topological polar surface area (TPSA) is 44.2 Å². The van der Waals surface area contributed by atoms with Gasteiger partial charge in [0.15, 0.2) is 0 Å². The number of rotatable bonds is 3. The summed E-state index contributed by atoms with van der Waals surface area (Å²) < 4.78 is 12.8. The molecule has 0 spiro atoms. The van der Waals surface area contributed by atoms with E-state index in [-0.39, 0.29) is 32.2 Å². The van der Waals surface area contributed by atoms with E-state index in [1.165, 1.54) is 5.56 Å². The molecule has 8 rings (SSSR count). The van der Waals surface area contributed by atoms with Crippen LogP contribution in [0.3, 0.4) is 0 Å². The average Bonchev–Trinajstić information content (AvgIpc) is 3.05. The molecule has 45 heavy (non-hydrogen) atoms. The van der Waals surface area contributed by atoms with Gasteiger partial charge in [-0.05, 0) is 58.4 Å². The molecule has 2 aliphatic heterocycles. The zero-order valence-electron chi connectivity index (χ0n) is 25.4. The smallest absolute Gasteiger partial charge is 0.239 e. The third-order valence-electron chi connectivity index (χ3n) is 7.73. The minimum absolute atomic E-state index is 0. The summed E-state index contributed by atoms with van der Waals surface area (Å²) in [6.45, 7) is 6.81. The van der Waals surface area contributed by atoms with Crippen LogP contribution in [0.15, 0.2) is 122 Å². The van der Waals surface area contributed by atoms with Gasteiger partial charge in [0.1, 0.15) is 11.5 Å². The molecule has 0 bridgehead atoms. The van der Waals surface area contributed by atoms with Crippen molar-refractivity contribution in [2.24, 2.45) is 5.41 Å². The van der Waals surface area contributed by atoms with Gasteiger partial charge < -0.3 is 19.4 Å². The molecule has 2 aromatic heterocycles. The molecule has 0 fully saturated rings. The van der Waals surface area contributed by atoms with Gasteiger partial charge in [-0.25, -0.2) is 0 Å². The monoisotopic (exact) mass is 763 g/mol. The quantitative estimate of drug-likeness (QED) is 0.139. The van der Waals surface area contributed by atoms with Crippen LogP contribution >= 0.6 is 0 Å². The number of pyridine rings is 2. The summed E-state index contributed by atoms with van der Waals surface area (Å²) in [6.07, 6.45) is 4.65. The molecule has 0 amide bonds. The van der Waals surface area contributed by atoms with Crippen molar-refractivity contribution in [2.75, 3.05) is 0 Å². The maximum absolute atomic E-state index is 6.51. The number of aromatic nitrogens is 2. The van der Waals surface area contributed by atoms with Crippen molar-refractivity contribution >= 4 is 23.1 Å². The molecule has 0 unspecified atom stereocenters. The Hall–Kier alpha value is -4.51. The fourth-order valence-corrected chi connectivity index (χ4v) is 5.92. The maximum Gasteiger partial charge on any atom is 0.239 e. The van der Waals surface area contributed by atoms with E-state index in [4.69, 9.17) is 14.5 Å². The minimum atomic E-state index is 0. The number of ether oxygens (including phenoxy) is 2. The van der Waals surface area contributed by atoms with Crippen molar-refractivity contribution in [3.05, 3.63) is 139 Å². The Balaban J connectivity index is 0.000000231. The zero-order chi connectivity index (χ0) is 30.1. The summed E-state index contributed by atoms with van der Waals surface area (Å²) in [7, 11) is 0. The van der Waals surface area contributed by atoms with E-state index in [0.29, 0.717) is 0 Å². The van der Waals surface area contributed by atoms with Gasteiger partial charge in [0.2, 0.25) is 6.71 Å². The van der Waals surface area contributed by atoms with Gasteiger partial charge in [-0.1, -0.05) is 92.0 Å². The summed E-state index contributed by atoms with van der Waals surface area (Å²) in [5, 5.41) is 0. The van der Waals surface area contributed by atoms with Gasteiger partial charge in [-0.2, -0.15) is 0 Å². The van der Waals surface area contributed by atoms with E-state index in [0.717, 1.165) is 68.3 Å². The fourth-order valence-electron chi connectivity index (χ4n) is 5.92.